The first kappa shape index (κ1) is 12.0. The molecule has 1 amide bonds. The van der Waals surface area contributed by atoms with Crippen LogP contribution < -0.4 is 0 Å². The highest BCUT2D eigenvalue weighted by atomic mass is 16.5. The average Bonchev–Trinajstić information content (AvgIpc) is 2.56. The van der Waals surface area contributed by atoms with E-state index >= 15 is 0 Å². The van der Waals surface area contributed by atoms with Gasteiger partial charge in [0, 0.05) is 19.0 Å². The summed E-state index contributed by atoms with van der Waals surface area (Å²) in [5.41, 5.74) is 1.88. The van der Waals surface area contributed by atoms with E-state index in [-0.39, 0.29) is 11.3 Å². The van der Waals surface area contributed by atoms with E-state index in [9.17, 15) is 4.79 Å². The molecule has 2 rings (SSSR count). The van der Waals surface area contributed by atoms with Crippen LogP contribution in [0.4, 0.5) is 0 Å². The molecular formula is C14H19NO2. The second-order valence-corrected chi connectivity index (χ2v) is 4.86. The van der Waals surface area contributed by atoms with Gasteiger partial charge in [0.2, 0.25) is 0 Å². The summed E-state index contributed by atoms with van der Waals surface area (Å²) in [4.78, 5) is 14.0. The Hall–Kier alpha value is -1.51. The Morgan fingerprint density at radius 3 is 2.82 bits per heavy atom. The van der Waals surface area contributed by atoms with Crippen LogP contribution in [-0.4, -0.2) is 31.5 Å². The Bertz CT molecular complexity index is 445. The van der Waals surface area contributed by atoms with Crippen LogP contribution in [0.25, 0.3) is 0 Å². The van der Waals surface area contributed by atoms with Crippen LogP contribution in [0.3, 0.4) is 0 Å². The van der Waals surface area contributed by atoms with Gasteiger partial charge in [-0.25, -0.2) is 0 Å². The minimum atomic E-state index is -0.180. The molecule has 1 saturated heterocycles. The van der Waals surface area contributed by atoms with Gasteiger partial charge in [-0.05, 0) is 20.3 Å². The maximum atomic E-state index is 12.3. The van der Waals surface area contributed by atoms with Gasteiger partial charge < -0.3 is 9.64 Å². The zero-order valence-electron chi connectivity index (χ0n) is 10.9. The number of allylic oxidation sites excluding steroid dienone is 4. The molecule has 1 fully saturated rings. The van der Waals surface area contributed by atoms with Crippen molar-refractivity contribution in [2.45, 2.75) is 20.3 Å². The van der Waals surface area contributed by atoms with Crippen LogP contribution in [0.1, 0.15) is 20.3 Å². The highest BCUT2D eigenvalue weighted by Gasteiger charge is 2.49. The second-order valence-electron chi connectivity index (χ2n) is 4.86. The first-order valence-corrected chi connectivity index (χ1v) is 5.87. The molecule has 0 unspecified atom stereocenters. The smallest absolute Gasteiger partial charge is 0.253 e. The predicted octanol–water partition coefficient (Wildman–Crippen LogP) is 2.27. The number of nitrogens with zero attached hydrogens (tertiary/aromatic N) is 1. The molecule has 0 radical (unpaired) electrons. The quantitative estimate of drug-likeness (QED) is 0.513. The minimum Gasteiger partial charge on any atom is -0.501 e. The van der Waals surface area contributed by atoms with Gasteiger partial charge in [-0.2, -0.15) is 0 Å². The molecule has 92 valence electrons. The maximum Gasteiger partial charge on any atom is 0.253 e. The number of rotatable bonds is 1. The normalized spacial score (nSPS) is 30.9. The van der Waals surface area contributed by atoms with Crippen molar-refractivity contribution in [2.75, 3.05) is 20.7 Å². The largest absolute Gasteiger partial charge is 0.501 e. The lowest BCUT2D eigenvalue weighted by molar-refractivity contribution is -0.123. The van der Waals surface area contributed by atoms with Crippen molar-refractivity contribution in [2.24, 2.45) is 5.41 Å². The summed E-state index contributed by atoms with van der Waals surface area (Å²) >= 11 is 0. The number of ether oxygens (including phenoxy) is 1. The molecule has 0 bridgehead atoms. The maximum absolute atomic E-state index is 12.3. The Morgan fingerprint density at radius 1 is 1.53 bits per heavy atom. The fourth-order valence-electron chi connectivity index (χ4n) is 2.83. The van der Waals surface area contributed by atoms with E-state index in [1.165, 1.54) is 5.57 Å². The van der Waals surface area contributed by atoms with Crippen molar-refractivity contribution in [3.8, 4) is 0 Å². The van der Waals surface area contributed by atoms with Crippen molar-refractivity contribution in [1.29, 1.82) is 0 Å². The van der Waals surface area contributed by atoms with E-state index in [1.54, 1.807) is 12.0 Å². The third-order valence-corrected chi connectivity index (χ3v) is 3.91. The lowest BCUT2D eigenvalue weighted by Gasteiger charge is -2.32. The molecule has 0 aromatic heterocycles. The van der Waals surface area contributed by atoms with Gasteiger partial charge in [0.1, 0.15) is 5.76 Å². The topological polar surface area (TPSA) is 29.5 Å². The number of methoxy groups -OCH3 is 1. The molecule has 2 aliphatic rings. The average molecular weight is 233 g/mol. The molecule has 0 aromatic rings. The lowest BCUT2D eigenvalue weighted by Crippen LogP contribution is -2.28. The Labute approximate surface area is 102 Å². The summed E-state index contributed by atoms with van der Waals surface area (Å²) in [6.45, 7) is 4.72. The highest BCUT2D eigenvalue weighted by molar-refractivity contribution is 5.98. The molecule has 17 heavy (non-hydrogen) atoms. The molecule has 1 aliphatic heterocycles. The van der Waals surface area contributed by atoms with Gasteiger partial charge in [0.25, 0.3) is 5.91 Å². The zero-order valence-corrected chi connectivity index (χ0v) is 10.9. The highest BCUT2D eigenvalue weighted by Crippen LogP contribution is 2.48. The number of hydrogen-bond acceptors (Lipinski definition) is 2. The molecule has 1 atom stereocenters. The molecular weight excluding hydrogens is 214 g/mol. The number of carbonyl (C=O) groups is 1. The fraction of sp³-hybridized carbons (Fsp3) is 0.500. The molecule has 1 spiro atoms. The molecule has 0 saturated carbocycles. The van der Waals surface area contributed by atoms with E-state index in [4.69, 9.17) is 4.74 Å². The first-order valence-electron chi connectivity index (χ1n) is 5.87. The molecule has 0 N–H and O–H groups in total. The van der Waals surface area contributed by atoms with E-state index in [0.717, 1.165) is 24.3 Å². The molecule has 3 nitrogen and oxygen atoms in total. The molecule has 1 heterocycles. The minimum absolute atomic E-state index is 0.0902. The van der Waals surface area contributed by atoms with Crippen molar-refractivity contribution >= 4 is 5.91 Å². The van der Waals surface area contributed by atoms with Crippen LogP contribution in [0, 0.1) is 5.41 Å². The van der Waals surface area contributed by atoms with Crippen LogP contribution in [0.2, 0.25) is 0 Å². The van der Waals surface area contributed by atoms with Crippen molar-refractivity contribution in [3.05, 3.63) is 35.1 Å². The van der Waals surface area contributed by atoms with E-state index in [2.05, 4.69) is 25.2 Å². The van der Waals surface area contributed by atoms with Gasteiger partial charge in [0.15, 0.2) is 0 Å². The van der Waals surface area contributed by atoms with E-state index in [0.29, 0.717) is 0 Å². The van der Waals surface area contributed by atoms with Gasteiger partial charge in [0.05, 0.1) is 12.7 Å². The van der Waals surface area contributed by atoms with Crippen molar-refractivity contribution < 1.29 is 9.53 Å². The van der Waals surface area contributed by atoms with Crippen LogP contribution in [0.5, 0.6) is 0 Å². The fourth-order valence-corrected chi connectivity index (χ4v) is 2.83. The standard InChI is InChI=1S/C14H19NO2/c1-10-7-5-6-8-14(10)9-15(3)13(16)12(14)11(2)17-4/h5-7H,8-9H2,1-4H3/b12-11+/t14-/m1/s1. The Morgan fingerprint density at radius 2 is 2.24 bits per heavy atom. The van der Waals surface area contributed by atoms with Crippen molar-refractivity contribution in [1.82, 2.24) is 4.90 Å². The summed E-state index contributed by atoms with van der Waals surface area (Å²) < 4.78 is 5.31. The summed E-state index contributed by atoms with van der Waals surface area (Å²) in [5.74, 6) is 0.829. The Balaban J connectivity index is 2.58. The molecule has 3 heteroatoms. The SMILES string of the molecule is CO/C(C)=C1\C(=O)N(C)C[C@@]12CC=CC=C2C. The molecule has 0 aromatic carbocycles. The number of likely N-dealkylation sites (N-methyl/N-ethyl adjacent to an activating group) is 1. The number of amides is 1. The summed E-state index contributed by atoms with van der Waals surface area (Å²) in [5, 5.41) is 0. The van der Waals surface area contributed by atoms with Gasteiger partial charge in [-0.3, -0.25) is 4.79 Å². The summed E-state index contributed by atoms with van der Waals surface area (Å²) in [7, 11) is 3.48. The first-order chi connectivity index (χ1) is 8.03. The number of hydrogen-bond donors (Lipinski definition) is 0. The molecule has 1 aliphatic carbocycles. The van der Waals surface area contributed by atoms with Gasteiger partial charge in [-0.1, -0.05) is 23.8 Å². The van der Waals surface area contributed by atoms with Gasteiger partial charge in [-0.15, -0.1) is 0 Å². The van der Waals surface area contributed by atoms with Gasteiger partial charge >= 0.3 is 0 Å². The lowest BCUT2D eigenvalue weighted by atomic mass is 9.71. The third kappa shape index (κ3) is 1.61. The van der Waals surface area contributed by atoms with E-state index in [1.807, 2.05) is 14.0 Å². The van der Waals surface area contributed by atoms with E-state index < -0.39 is 0 Å². The zero-order chi connectivity index (χ0) is 12.6. The van der Waals surface area contributed by atoms with Crippen LogP contribution in [0.15, 0.2) is 35.1 Å². The number of carbonyl (C=O) groups excluding carboxylic acids is 1. The number of likely N-dealkylation sites (tertiary alicyclic amines) is 1. The summed E-state index contributed by atoms with van der Waals surface area (Å²) in [6, 6.07) is 0. The monoisotopic (exact) mass is 233 g/mol. The van der Waals surface area contributed by atoms with Crippen molar-refractivity contribution in [3.63, 3.8) is 0 Å². The van der Waals surface area contributed by atoms with Crippen LogP contribution >= 0.6 is 0 Å². The third-order valence-electron chi connectivity index (χ3n) is 3.91. The summed E-state index contributed by atoms with van der Waals surface area (Å²) in [6.07, 6.45) is 7.16. The van der Waals surface area contributed by atoms with Crippen LogP contribution in [-0.2, 0) is 9.53 Å². The predicted molar refractivity (Wildman–Crippen MR) is 67.3 cm³/mol. The second kappa shape index (κ2) is 4.06. The Kier molecular flexibility index (Phi) is 2.86.